The summed E-state index contributed by atoms with van der Waals surface area (Å²) >= 11 is 5.94. The third kappa shape index (κ3) is 2.07. The highest BCUT2D eigenvalue weighted by Crippen LogP contribution is 2.28. The van der Waals surface area contributed by atoms with E-state index in [4.69, 9.17) is 17.3 Å². The molecule has 2 N–H and O–H groups in total. The molecule has 1 aromatic carbocycles. The molecule has 0 bridgehead atoms. The molecule has 0 radical (unpaired) electrons. The van der Waals surface area contributed by atoms with Crippen molar-refractivity contribution in [2.45, 2.75) is 13.8 Å². The fraction of sp³-hybridized carbons (Fsp3) is 0.400. The minimum atomic E-state index is 0.728. The predicted octanol–water partition coefficient (Wildman–Crippen LogP) is 2.69. The van der Waals surface area contributed by atoms with Crippen LogP contribution >= 0.6 is 11.6 Å². The molecule has 0 atom stereocenters. The Kier molecular flexibility index (Phi) is 3.04. The largest absolute Gasteiger partial charge is 0.397 e. The molecule has 0 fully saturated rings. The van der Waals surface area contributed by atoms with Crippen molar-refractivity contribution in [2.24, 2.45) is 0 Å². The van der Waals surface area contributed by atoms with E-state index in [0.29, 0.717) is 0 Å². The van der Waals surface area contributed by atoms with Crippen LogP contribution in [-0.2, 0) is 0 Å². The maximum absolute atomic E-state index is 5.94. The van der Waals surface area contributed by atoms with E-state index in [-0.39, 0.29) is 0 Å². The summed E-state index contributed by atoms with van der Waals surface area (Å²) in [5.74, 6) is 0. The van der Waals surface area contributed by atoms with Crippen LogP contribution in [0.5, 0.6) is 0 Å². The molecular formula is C10H15ClN2. The zero-order chi connectivity index (χ0) is 10.0. The standard InChI is InChI=1S/C10H15ClN2/c1-4-13(3)10-5-7(2)8(11)6-9(10)12/h5-6H,4,12H2,1-3H3. The van der Waals surface area contributed by atoms with Crippen molar-refractivity contribution in [3.8, 4) is 0 Å². The van der Waals surface area contributed by atoms with E-state index in [1.54, 1.807) is 6.07 Å². The second-order valence-corrected chi connectivity index (χ2v) is 3.58. The van der Waals surface area contributed by atoms with Crippen LogP contribution in [0.3, 0.4) is 0 Å². The summed E-state index contributed by atoms with van der Waals surface area (Å²) < 4.78 is 0. The topological polar surface area (TPSA) is 29.3 Å². The molecule has 72 valence electrons. The summed E-state index contributed by atoms with van der Waals surface area (Å²) in [5.41, 5.74) is 8.68. The third-order valence-electron chi connectivity index (χ3n) is 2.19. The van der Waals surface area contributed by atoms with E-state index in [9.17, 15) is 0 Å². The van der Waals surface area contributed by atoms with E-state index < -0.39 is 0 Å². The minimum Gasteiger partial charge on any atom is -0.397 e. The Hall–Kier alpha value is -0.890. The normalized spacial score (nSPS) is 10.2. The molecule has 0 aliphatic carbocycles. The number of nitrogens with zero attached hydrogens (tertiary/aromatic N) is 1. The van der Waals surface area contributed by atoms with Crippen molar-refractivity contribution in [1.29, 1.82) is 0 Å². The lowest BCUT2D eigenvalue weighted by Crippen LogP contribution is -2.17. The quantitative estimate of drug-likeness (QED) is 0.741. The summed E-state index contributed by atoms with van der Waals surface area (Å²) in [6, 6.07) is 3.82. The average Bonchev–Trinajstić information content (AvgIpc) is 2.10. The maximum atomic E-state index is 5.94. The number of hydrogen-bond acceptors (Lipinski definition) is 2. The fourth-order valence-corrected chi connectivity index (χ4v) is 1.35. The van der Waals surface area contributed by atoms with Gasteiger partial charge >= 0.3 is 0 Å². The Morgan fingerprint density at radius 1 is 1.46 bits per heavy atom. The van der Waals surface area contributed by atoms with Gasteiger partial charge in [0.15, 0.2) is 0 Å². The van der Waals surface area contributed by atoms with Gasteiger partial charge in [-0.1, -0.05) is 11.6 Å². The van der Waals surface area contributed by atoms with Gasteiger partial charge in [-0.05, 0) is 31.5 Å². The van der Waals surface area contributed by atoms with Crippen LogP contribution in [0.4, 0.5) is 11.4 Å². The molecule has 2 nitrogen and oxygen atoms in total. The number of benzene rings is 1. The molecule has 0 saturated carbocycles. The lowest BCUT2D eigenvalue weighted by molar-refractivity contribution is 0.969. The highest BCUT2D eigenvalue weighted by atomic mass is 35.5. The molecule has 0 heterocycles. The lowest BCUT2D eigenvalue weighted by atomic mass is 10.2. The van der Waals surface area contributed by atoms with Crippen LogP contribution in [0.25, 0.3) is 0 Å². The van der Waals surface area contributed by atoms with Crippen molar-refractivity contribution in [2.75, 3.05) is 24.2 Å². The number of hydrogen-bond donors (Lipinski definition) is 1. The van der Waals surface area contributed by atoms with E-state index in [1.807, 2.05) is 20.0 Å². The smallest absolute Gasteiger partial charge is 0.0600 e. The number of nitrogen functional groups attached to an aromatic ring is 1. The maximum Gasteiger partial charge on any atom is 0.0600 e. The Morgan fingerprint density at radius 2 is 2.08 bits per heavy atom. The first-order valence-corrected chi connectivity index (χ1v) is 4.70. The first kappa shape index (κ1) is 10.2. The van der Waals surface area contributed by atoms with Crippen molar-refractivity contribution >= 4 is 23.0 Å². The van der Waals surface area contributed by atoms with Crippen molar-refractivity contribution in [1.82, 2.24) is 0 Å². The first-order chi connectivity index (χ1) is 6.06. The number of nitrogens with two attached hydrogens (primary N) is 1. The van der Waals surface area contributed by atoms with Gasteiger partial charge < -0.3 is 10.6 Å². The fourth-order valence-electron chi connectivity index (χ4n) is 1.18. The van der Waals surface area contributed by atoms with Crippen LogP contribution in [0.1, 0.15) is 12.5 Å². The molecule has 13 heavy (non-hydrogen) atoms. The minimum absolute atomic E-state index is 0.728. The Bertz CT molecular complexity index is 310. The van der Waals surface area contributed by atoms with Crippen molar-refractivity contribution < 1.29 is 0 Å². The Balaban J connectivity index is 3.15. The first-order valence-electron chi connectivity index (χ1n) is 4.33. The van der Waals surface area contributed by atoms with Crippen LogP contribution in [-0.4, -0.2) is 13.6 Å². The predicted molar refractivity (Wildman–Crippen MR) is 59.5 cm³/mol. The summed E-state index contributed by atoms with van der Waals surface area (Å²) in [6.45, 7) is 5.00. The second-order valence-electron chi connectivity index (χ2n) is 3.17. The molecule has 0 aliphatic rings. The van der Waals surface area contributed by atoms with E-state index in [1.165, 1.54) is 0 Å². The Labute approximate surface area is 84.3 Å². The van der Waals surface area contributed by atoms with Crippen molar-refractivity contribution in [3.63, 3.8) is 0 Å². The molecule has 3 heteroatoms. The van der Waals surface area contributed by atoms with Gasteiger partial charge in [0.1, 0.15) is 0 Å². The van der Waals surface area contributed by atoms with Gasteiger partial charge in [0.05, 0.1) is 11.4 Å². The summed E-state index contributed by atoms with van der Waals surface area (Å²) in [4.78, 5) is 2.10. The van der Waals surface area contributed by atoms with Crippen LogP contribution in [0.15, 0.2) is 12.1 Å². The number of rotatable bonds is 2. The molecule has 0 saturated heterocycles. The number of halogens is 1. The summed E-state index contributed by atoms with van der Waals surface area (Å²) in [7, 11) is 2.01. The molecule has 0 amide bonds. The molecule has 1 rings (SSSR count). The number of anilines is 2. The monoisotopic (exact) mass is 198 g/mol. The van der Waals surface area contributed by atoms with Gasteiger partial charge in [0.25, 0.3) is 0 Å². The van der Waals surface area contributed by atoms with Gasteiger partial charge in [-0.3, -0.25) is 0 Å². The van der Waals surface area contributed by atoms with Gasteiger partial charge in [-0.2, -0.15) is 0 Å². The molecule has 0 aliphatic heterocycles. The van der Waals surface area contributed by atoms with E-state index in [0.717, 1.165) is 28.5 Å². The number of aryl methyl sites for hydroxylation is 1. The van der Waals surface area contributed by atoms with Gasteiger partial charge in [0, 0.05) is 18.6 Å². The van der Waals surface area contributed by atoms with Crippen LogP contribution < -0.4 is 10.6 Å². The van der Waals surface area contributed by atoms with Crippen LogP contribution in [0, 0.1) is 6.92 Å². The molecular weight excluding hydrogens is 184 g/mol. The van der Waals surface area contributed by atoms with Gasteiger partial charge in [0.2, 0.25) is 0 Å². The zero-order valence-corrected chi connectivity index (χ0v) is 9.02. The summed E-state index contributed by atoms with van der Waals surface area (Å²) in [5, 5.41) is 0.728. The molecule has 0 aromatic heterocycles. The highest BCUT2D eigenvalue weighted by Gasteiger charge is 2.06. The van der Waals surface area contributed by atoms with Gasteiger partial charge in [-0.15, -0.1) is 0 Å². The molecule has 0 spiro atoms. The SMILES string of the molecule is CCN(C)c1cc(C)c(Cl)cc1N. The van der Waals surface area contributed by atoms with E-state index in [2.05, 4.69) is 11.8 Å². The Morgan fingerprint density at radius 3 is 2.62 bits per heavy atom. The summed E-state index contributed by atoms with van der Waals surface area (Å²) in [6.07, 6.45) is 0. The third-order valence-corrected chi connectivity index (χ3v) is 2.60. The highest BCUT2D eigenvalue weighted by molar-refractivity contribution is 6.31. The van der Waals surface area contributed by atoms with E-state index >= 15 is 0 Å². The average molecular weight is 199 g/mol. The zero-order valence-electron chi connectivity index (χ0n) is 8.26. The van der Waals surface area contributed by atoms with Gasteiger partial charge in [-0.25, -0.2) is 0 Å². The molecule has 0 unspecified atom stereocenters. The lowest BCUT2D eigenvalue weighted by Gasteiger charge is -2.19. The molecule has 1 aromatic rings. The van der Waals surface area contributed by atoms with Crippen LogP contribution in [0.2, 0.25) is 5.02 Å². The van der Waals surface area contributed by atoms with Crippen molar-refractivity contribution in [3.05, 3.63) is 22.7 Å². The second kappa shape index (κ2) is 3.88.